The third-order valence-electron chi connectivity index (χ3n) is 3.87. The van der Waals surface area contributed by atoms with Gasteiger partial charge in [-0.25, -0.2) is 0 Å². The first-order valence-corrected chi connectivity index (χ1v) is 8.96. The summed E-state index contributed by atoms with van der Waals surface area (Å²) in [6.07, 6.45) is 2.10. The Labute approximate surface area is 155 Å². The van der Waals surface area contributed by atoms with E-state index in [4.69, 9.17) is 14.2 Å². The molecule has 1 N–H and O–H groups in total. The maximum absolute atomic E-state index is 12.5. The van der Waals surface area contributed by atoms with E-state index in [1.165, 1.54) is 0 Å². The maximum Gasteiger partial charge on any atom is 0.255 e. The van der Waals surface area contributed by atoms with Crippen LogP contribution in [0.1, 0.15) is 42.6 Å². The Morgan fingerprint density at radius 2 is 1.85 bits per heavy atom. The Kier molecular flexibility index (Phi) is 7.96. The Morgan fingerprint density at radius 1 is 1.08 bits per heavy atom. The quantitative estimate of drug-likeness (QED) is 0.628. The maximum atomic E-state index is 12.5. The molecule has 0 atom stereocenters. The van der Waals surface area contributed by atoms with Crippen LogP contribution in [0.15, 0.2) is 42.5 Å². The van der Waals surface area contributed by atoms with Gasteiger partial charge in [-0.1, -0.05) is 13.3 Å². The SMILES string of the molecule is CCCCOCc1cc(C(=O)Nc2ccc(OC)cc2)ccc1OCC. The van der Waals surface area contributed by atoms with Crippen molar-refractivity contribution in [2.24, 2.45) is 0 Å². The topological polar surface area (TPSA) is 56.8 Å². The van der Waals surface area contributed by atoms with Crippen LogP contribution in [0.25, 0.3) is 0 Å². The van der Waals surface area contributed by atoms with Gasteiger partial charge in [0, 0.05) is 23.4 Å². The molecule has 0 saturated carbocycles. The molecule has 0 fully saturated rings. The molecule has 0 bridgehead atoms. The van der Waals surface area contributed by atoms with Crippen molar-refractivity contribution < 1.29 is 19.0 Å². The number of unbranched alkanes of at least 4 members (excludes halogenated alkanes) is 1. The van der Waals surface area contributed by atoms with Gasteiger partial charge in [-0.3, -0.25) is 4.79 Å². The molecule has 0 unspecified atom stereocenters. The lowest BCUT2D eigenvalue weighted by Crippen LogP contribution is -2.13. The van der Waals surface area contributed by atoms with Gasteiger partial charge in [0.25, 0.3) is 5.91 Å². The first-order valence-electron chi connectivity index (χ1n) is 8.96. The van der Waals surface area contributed by atoms with Gasteiger partial charge in [0.1, 0.15) is 11.5 Å². The molecular weight excluding hydrogens is 330 g/mol. The van der Waals surface area contributed by atoms with E-state index in [1.54, 1.807) is 37.4 Å². The molecule has 0 aliphatic rings. The minimum Gasteiger partial charge on any atom is -0.497 e. The standard InChI is InChI=1S/C21H27NO4/c1-4-6-13-25-15-17-14-16(7-12-20(17)26-5-2)21(23)22-18-8-10-19(24-3)11-9-18/h7-12,14H,4-6,13,15H2,1-3H3,(H,22,23). The minimum atomic E-state index is -0.173. The van der Waals surface area contributed by atoms with Crippen molar-refractivity contribution in [3.8, 4) is 11.5 Å². The van der Waals surface area contributed by atoms with Crippen LogP contribution in [0, 0.1) is 0 Å². The third-order valence-corrected chi connectivity index (χ3v) is 3.87. The van der Waals surface area contributed by atoms with Gasteiger partial charge < -0.3 is 19.5 Å². The van der Waals surface area contributed by atoms with Crippen LogP contribution in [0.5, 0.6) is 11.5 Å². The zero-order valence-electron chi connectivity index (χ0n) is 15.7. The summed E-state index contributed by atoms with van der Waals surface area (Å²) in [5.41, 5.74) is 2.16. The smallest absolute Gasteiger partial charge is 0.255 e. The van der Waals surface area contributed by atoms with Gasteiger partial charge in [0.05, 0.1) is 20.3 Å². The summed E-state index contributed by atoms with van der Waals surface area (Å²) in [6.45, 7) is 5.76. The highest BCUT2D eigenvalue weighted by Gasteiger charge is 2.11. The van der Waals surface area contributed by atoms with E-state index in [2.05, 4.69) is 12.2 Å². The van der Waals surface area contributed by atoms with Gasteiger partial charge >= 0.3 is 0 Å². The molecule has 0 aliphatic heterocycles. The summed E-state index contributed by atoms with van der Waals surface area (Å²) in [5.74, 6) is 1.33. The fourth-order valence-corrected chi connectivity index (χ4v) is 2.44. The molecule has 0 saturated heterocycles. The van der Waals surface area contributed by atoms with Gasteiger partial charge in [-0.05, 0) is 55.8 Å². The van der Waals surface area contributed by atoms with E-state index in [0.29, 0.717) is 31.1 Å². The second kappa shape index (κ2) is 10.5. The van der Waals surface area contributed by atoms with E-state index in [0.717, 1.165) is 29.9 Å². The summed E-state index contributed by atoms with van der Waals surface area (Å²) in [5, 5.41) is 2.89. The van der Waals surface area contributed by atoms with E-state index in [-0.39, 0.29) is 5.91 Å². The highest BCUT2D eigenvalue weighted by molar-refractivity contribution is 6.04. The number of carbonyl (C=O) groups is 1. The van der Waals surface area contributed by atoms with Crippen molar-refractivity contribution >= 4 is 11.6 Å². The van der Waals surface area contributed by atoms with Crippen molar-refractivity contribution in [1.82, 2.24) is 0 Å². The fourth-order valence-electron chi connectivity index (χ4n) is 2.44. The Balaban J connectivity index is 2.09. The second-order valence-electron chi connectivity index (χ2n) is 5.84. The van der Waals surface area contributed by atoms with Crippen LogP contribution in [0.3, 0.4) is 0 Å². The number of anilines is 1. The summed E-state index contributed by atoms with van der Waals surface area (Å²) >= 11 is 0. The average molecular weight is 357 g/mol. The number of benzene rings is 2. The number of methoxy groups -OCH3 is 1. The zero-order chi connectivity index (χ0) is 18.8. The molecule has 0 aromatic heterocycles. The van der Waals surface area contributed by atoms with Crippen molar-refractivity contribution in [2.75, 3.05) is 25.6 Å². The molecule has 0 heterocycles. The molecule has 1 amide bonds. The molecule has 5 heteroatoms. The average Bonchev–Trinajstić information content (AvgIpc) is 2.67. The molecule has 0 spiro atoms. The zero-order valence-corrected chi connectivity index (χ0v) is 15.7. The lowest BCUT2D eigenvalue weighted by Gasteiger charge is -2.13. The molecule has 2 aromatic carbocycles. The summed E-state index contributed by atoms with van der Waals surface area (Å²) < 4.78 is 16.5. The predicted octanol–water partition coefficient (Wildman–Crippen LogP) is 4.66. The molecule has 140 valence electrons. The highest BCUT2D eigenvalue weighted by Crippen LogP contribution is 2.23. The van der Waals surface area contributed by atoms with E-state index in [9.17, 15) is 4.79 Å². The molecule has 5 nitrogen and oxygen atoms in total. The molecule has 26 heavy (non-hydrogen) atoms. The van der Waals surface area contributed by atoms with Crippen molar-refractivity contribution in [3.05, 3.63) is 53.6 Å². The Hall–Kier alpha value is -2.53. The van der Waals surface area contributed by atoms with E-state index in [1.807, 2.05) is 19.1 Å². The number of carbonyl (C=O) groups excluding carboxylic acids is 1. The highest BCUT2D eigenvalue weighted by atomic mass is 16.5. The van der Waals surface area contributed by atoms with Gasteiger partial charge in [-0.15, -0.1) is 0 Å². The third kappa shape index (κ3) is 5.77. The number of amides is 1. The first kappa shape index (κ1) is 19.8. The van der Waals surface area contributed by atoms with Crippen LogP contribution in [0.2, 0.25) is 0 Å². The van der Waals surface area contributed by atoms with Crippen LogP contribution >= 0.6 is 0 Å². The van der Waals surface area contributed by atoms with Crippen LogP contribution in [0.4, 0.5) is 5.69 Å². The van der Waals surface area contributed by atoms with E-state index < -0.39 is 0 Å². The molecule has 0 radical (unpaired) electrons. The molecule has 0 aliphatic carbocycles. The number of ether oxygens (including phenoxy) is 3. The summed E-state index contributed by atoms with van der Waals surface area (Å²) in [4.78, 5) is 12.5. The number of rotatable bonds is 10. The summed E-state index contributed by atoms with van der Waals surface area (Å²) in [6, 6.07) is 12.6. The van der Waals surface area contributed by atoms with Crippen LogP contribution < -0.4 is 14.8 Å². The molecular formula is C21H27NO4. The van der Waals surface area contributed by atoms with Crippen molar-refractivity contribution in [1.29, 1.82) is 0 Å². The van der Waals surface area contributed by atoms with Crippen LogP contribution in [-0.4, -0.2) is 26.2 Å². The van der Waals surface area contributed by atoms with Crippen molar-refractivity contribution in [2.45, 2.75) is 33.3 Å². The van der Waals surface area contributed by atoms with Gasteiger partial charge in [0.2, 0.25) is 0 Å². The number of nitrogens with one attached hydrogen (secondary N) is 1. The number of hydrogen-bond acceptors (Lipinski definition) is 4. The van der Waals surface area contributed by atoms with Gasteiger partial charge in [0.15, 0.2) is 0 Å². The predicted molar refractivity (Wildman–Crippen MR) is 103 cm³/mol. The number of hydrogen-bond donors (Lipinski definition) is 1. The van der Waals surface area contributed by atoms with Gasteiger partial charge in [-0.2, -0.15) is 0 Å². The van der Waals surface area contributed by atoms with Crippen molar-refractivity contribution in [3.63, 3.8) is 0 Å². The second-order valence-corrected chi connectivity index (χ2v) is 5.84. The lowest BCUT2D eigenvalue weighted by atomic mass is 10.1. The Bertz CT molecular complexity index is 698. The first-order chi connectivity index (χ1) is 12.7. The largest absolute Gasteiger partial charge is 0.497 e. The Morgan fingerprint density at radius 3 is 2.50 bits per heavy atom. The molecule has 2 aromatic rings. The fraction of sp³-hybridized carbons (Fsp3) is 0.381. The van der Waals surface area contributed by atoms with E-state index >= 15 is 0 Å². The lowest BCUT2D eigenvalue weighted by molar-refractivity contribution is 0.102. The molecule has 2 rings (SSSR count). The summed E-state index contributed by atoms with van der Waals surface area (Å²) in [7, 11) is 1.61. The minimum absolute atomic E-state index is 0.173. The normalized spacial score (nSPS) is 10.4. The van der Waals surface area contributed by atoms with Crippen LogP contribution in [-0.2, 0) is 11.3 Å². The monoisotopic (exact) mass is 357 g/mol.